The molecular weight excluding hydrogens is 422 g/mol. The van der Waals surface area contributed by atoms with Gasteiger partial charge in [-0.15, -0.1) is 0 Å². The van der Waals surface area contributed by atoms with Crippen molar-refractivity contribution in [3.63, 3.8) is 0 Å². The van der Waals surface area contributed by atoms with E-state index in [4.69, 9.17) is 20.8 Å². The van der Waals surface area contributed by atoms with Crippen LogP contribution in [0.15, 0.2) is 53.1 Å². The molecule has 162 valence electrons. The molecule has 31 heavy (non-hydrogen) atoms. The van der Waals surface area contributed by atoms with Crippen molar-refractivity contribution in [1.29, 1.82) is 0 Å². The van der Waals surface area contributed by atoms with Crippen molar-refractivity contribution in [3.8, 4) is 17.2 Å². The first-order valence-corrected chi connectivity index (χ1v) is 10.2. The molecule has 0 saturated carbocycles. The number of furan rings is 1. The van der Waals surface area contributed by atoms with Crippen molar-refractivity contribution in [1.82, 2.24) is 20.4 Å². The lowest BCUT2D eigenvalue weighted by Crippen LogP contribution is -2.57. The molecule has 1 saturated heterocycles. The number of anilines is 1. The number of nitrogens with one attached hydrogen (secondary N) is 3. The standard InChI is InChI=1S/C21H22ClN5O4/c1-12-13(2)23-21(25-20(12)29)27-18(10-16(26-27)17-4-3-9-30-17)24-19(28)11-31-15-7-5-14(22)6-8-15/h3-10,12-13,21,23H,11H2,1-2H3,(H,24,28)(H,25,29). The van der Waals surface area contributed by atoms with Gasteiger partial charge >= 0.3 is 0 Å². The van der Waals surface area contributed by atoms with Crippen LogP contribution in [0.5, 0.6) is 5.75 Å². The Kier molecular flexibility index (Phi) is 5.97. The highest BCUT2D eigenvalue weighted by molar-refractivity contribution is 6.30. The van der Waals surface area contributed by atoms with Crippen molar-refractivity contribution < 1.29 is 18.7 Å². The summed E-state index contributed by atoms with van der Waals surface area (Å²) in [6.07, 6.45) is 0.909. The topological polar surface area (TPSA) is 110 Å². The number of aromatic nitrogens is 2. The third-order valence-electron chi connectivity index (χ3n) is 5.07. The Balaban J connectivity index is 1.53. The van der Waals surface area contributed by atoms with Crippen LogP contribution < -0.4 is 20.7 Å². The molecule has 2 aromatic heterocycles. The lowest BCUT2D eigenvalue weighted by molar-refractivity contribution is -0.130. The molecule has 3 N–H and O–H groups in total. The quantitative estimate of drug-likeness (QED) is 0.540. The van der Waals surface area contributed by atoms with Gasteiger partial charge in [0, 0.05) is 17.1 Å². The van der Waals surface area contributed by atoms with E-state index in [0.29, 0.717) is 28.0 Å². The first-order valence-electron chi connectivity index (χ1n) is 9.79. The van der Waals surface area contributed by atoms with E-state index in [2.05, 4.69) is 21.0 Å². The zero-order valence-electron chi connectivity index (χ0n) is 17.0. The van der Waals surface area contributed by atoms with E-state index in [1.165, 1.54) is 10.9 Å². The van der Waals surface area contributed by atoms with Gasteiger partial charge in [-0.25, -0.2) is 4.68 Å². The predicted molar refractivity (Wildman–Crippen MR) is 114 cm³/mol. The second-order valence-corrected chi connectivity index (χ2v) is 7.72. The van der Waals surface area contributed by atoms with Gasteiger partial charge in [0.1, 0.15) is 17.3 Å². The van der Waals surface area contributed by atoms with Crippen LogP contribution in [0.4, 0.5) is 5.82 Å². The molecule has 2 amide bonds. The van der Waals surface area contributed by atoms with Crippen molar-refractivity contribution >= 4 is 29.2 Å². The fraction of sp³-hybridized carbons (Fsp3) is 0.286. The van der Waals surface area contributed by atoms with Crippen LogP contribution in [-0.4, -0.2) is 34.2 Å². The lowest BCUT2D eigenvalue weighted by atomic mass is 10.0. The molecule has 4 rings (SSSR count). The first kappa shape index (κ1) is 21.0. The summed E-state index contributed by atoms with van der Waals surface area (Å²) in [5.41, 5.74) is 0.515. The minimum absolute atomic E-state index is 0.0770. The molecule has 0 aliphatic carbocycles. The minimum Gasteiger partial charge on any atom is -0.484 e. The van der Waals surface area contributed by atoms with Crippen LogP contribution in [0.3, 0.4) is 0 Å². The van der Waals surface area contributed by atoms with Crippen LogP contribution in [0.1, 0.15) is 20.1 Å². The number of carbonyl (C=O) groups excluding carboxylic acids is 2. The van der Waals surface area contributed by atoms with Crippen LogP contribution in [0, 0.1) is 5.92 Å². The number of rotatable bonds is 6. The number of carbonyl (C=O) groups is 2. The second-order valence-electron chi connectivity index (χ2n) is 7.28. The highest BCUT2D eigenvalue weighted by Gasteiger charge is 2.32. The fourth-order valence-electron chi connectivity index (χ4n) is 3.15. The maximum atomic E-state index is 12.5. The van der Waals surface area contributed by atoms with E-state index in [1.807, 2.05) is 13.8 Å². The van der Waals surface area contributed by atoms with Gasteiger partial charge in [-0.3, -0.25) is 14.9 Å². The maximum Gasteiger partial charge on any atom is 0.263 e. The molecule has 3 unspecified atom stereocenters. The monoisotopic (exact) mass is 443 g/mol. The summed E-state index contributed by atoms with van der Waals surface area (Å²) in [7, 11) is 0. The average Bonchev–Trinajstić information content (AvgIpc) is 3.41. The Bertz CT molecular complexity index is 1060. The number of nitrogens with zero attached hydrogens (tertiary/aromatic N) is 2. The molecule has 3 heterocycles. The van der Waals surface area contributed by atoms with Gasteiger partial charge in [0.25, 0.3) is 5.91 Å². The normalized spacial score (nSPS) is 20.9. The molecule has 1 aromatic carbocycles. The molecule has 0 bridgehead atoms. The van der Waals surface area contributed by atoms with Crippen LogP contribution in [0.2, 0.25) is 5.02 Å². The molecule has 9 nitrogen and oxygen atoms in total. The molecule has 1 fully saturated rings. The predicted octanol–water partition coefficient (Wildman–Crippen LogP) is 3.01. The summed E-state index contributed by atoms with van der Waals surface area (Å²) < 4.78 is 12.4. The fourth-order valence-corrected chi connectivity index (χ4v) is 3.27. The van der Waals surface area contributed by atoms with E-state index in [9.17, 15) is 9.59 Å². The zero-order chi connectivity index (χ0) is 22.0. The number of halogens is 1. The molecule has 10 heteroatoms. The van der Waals surface area contributed by atoms with E-state index in [1.54, 1.807) is 42.5 Å². The summed E-state index contributed by atoms with van der Waals surface area (Å²) >= 11 is 5.86. The van der Waals surface area contributed by atoms with Crippen LogP contribution in [-0.2, 0) is 9.59 Å². The Morgan fingerprint density at radius 1 is 1.29 bits per heavy atom. The Morgan fingerprint density at radius 2 is 2.06 bits per heavy atom. The molecule has 3 atom stereocenters. The van der Waals surface area contributed by atoms with Gasteiger partial charge in [-0.1, -0.05) is 18.5 Å². The number of hydrogen-bond donors (Lipinski definition) is 3. The van der Waals surface area contributed by atoms with Crippen molar-refractivity contribution in [3.05, 3.63) is 53.8 Å². The average molecular weight is 444 g/mol. The molecule has 0 spiro atoms. The summed E-state index contributed by atoms with van der Waals surface area (Å²) in [4.78, 5) is 24.8. The first-order chi connectivity index (χ1) is 14.9. The van der Waals surface area contributed by atoms with Crippen LogP contribution in [0.25, 0.3) is 11.5 Å². The smallest absolute Gasteiger partial charge is 0.263 e. The zero-order valence-corrected chi connectivity index (χ0v) is 17.7. The Morgan fingerprint density at radius 3 is 2.74 bits per heavy atom. The molecule has 0 radical (unpaired) electrons. The number of ether oxygens (including phenoxy) is 1. The van der Waals surface area contributed by atoms with Gasteiger partial charge in [0.15, 0.2) is 18.7 Å². The number of hydrogen-bond acceptors (Lipinski definition) is 6. The number of benzene rings is 1. The third-order valence-corrected chi connectivity index (χ3v) is 5.32. The van der Waals surface area contributed by atoms with Gasteiger partial charge < -0.3 is 19.8 Å². The Hall–Kier alpha value is -3.30. The Labute approximate surface area is 183 Å². The number of amides is 2. The summed E-state index contributed by atoms with van der Waals surface area (Å²) in [6.45, 7) is 3.56. The molecular formula is C21H22ClN5O4. The summed E-state index contributed by atoms with van der Waals surface area (Å²) in [5.74, 6) is 0.765. The second kappa shape index (κ2) is 8.83. The van der Waals surface area contributed by atoms with Gasteiger partial charge in [0.05, 0.1) is 12.2 Å². The summed E-state index contributed by atoms with van der Waals surface area (Å²) in [5, 5.41) is 14.1. The minimum atomic E-state index is -0.630. The third kappa shape index (κ3) is 4.73. The van der Waals surface area contributed by atoms with Gasteiger partial charge in [-0.2, -0.15) is 5.10 Å². The molecule has 1 aliphatic heterocycles. The van der Waals surface area contributed by atoms with Crippen molar-refractivity contribution in [2.45, 2.75) is 26.2 Å². The molecule has 3 aromatic rings. The summed E-state index contributed by atoms with van der Waals surface area (Å²) in [6, 6.07) is 11.8. The van der Waals surface area contributed by atoms with E-state index in [0.717, 1.165) is 0 Å². The van der Waals surface area contributed by atoms with Gasteiger partial charge in [-0.05, 0) is 43.3 Å². The van der Waals surface area contributed by atoms with E-state index >= 15 is 0 Å². The van der Waals surface area contributed by atoms with Crippen LogP contribution >= 0.6 is 11.6 Å². The highest BCUT2D eigenvalue weighted by atomic mass is 35.5. The van der Waals surface area contributed by atoms with E-state index < -0.39 is 6.29 Å². The highest BCUT2D eigenvalue weighted by Crippen LogP contribution is 2.26. The lowest BCUT2D eigenvalue weighted by Gasteiger charge is -2.34. The SMILES string of the molecule is CC1NC(n2nc(-c3ccco3)cc2NC(=O)COc2ccc(Cl)cc2)NC(=O)C1C. The van der Waals surface area contributed by atoms with Crippen molar-refractivity contribution in [2.24, 2.45) is 5.92 Å². The molecule has 1 aliphatic rings. The largest absolute Gasteiger partial charge is 0.484 e. The van der Waals surface area contributed by atoms with Crippen molar-refractivity contribution in [2.75, 3.05) is 11.9 Å². The maximum absolute atomic E-state index is 12.5. The van der Waals surface area contributed by atoms with E-state index in [-0.39, 0.29) is 30.4 Å². The van der Waals surface area contributed by atoms with Gasteiger partial charge in [0.2, 0.25) is 5.91 Å².